The lowest BCUT2D eigenvalue weighted by atomic mass is 9.95. The van der Waals surface area contributed by atoms with Gasteiger partial charge in [0.15, 0.2) is 0 Å². The summed E-state index contributed by atoms with van der Waals surface area (Å²) in [5.41, 5.74) is 2.87. The van der Waals surface area contributed by atoms with E-state index >= 15 is 0 Å². The Morgan fingerprint density at radius 3 is 2.85 bits per heavy atom. The molecule has 2 aromatic rings. The van der Waals surface area contributed by atoms with E-state index < -0.39 is 6.10 Å². The highest BCUT2D eigenvalue weighted by molar-refractivity contribution is 5.44. The second-order valence-electron chi connectivity index (χ2n) is 5.07. The maximum absolute atomic E-state index is 10.3. The number of rotatable bonds is 2. The van der Waals surface area contributed by atoms with Gasteiger partial charge in [0.1, 0.15) is 17.6 Å². The van der Waals surface area contributed by atoms with Crippen LogP contribution >= 0.6 is 0 Å². The molecule has 0 aliphatic carbocycles. The molecule has 0 spiro atoms. The Hall–Kier alpha value is -2.01. The van der Waals surface area contributed by atoms with Gasteiger partial charge in [-0.15, -0.1) is 0 Å². The van der Waals surface area contributed by atoms with Crippen molar-refractivity contribution in [3.05, 3.63) is 41.2 Å². The molecular formula is C15H18N2O3. The van der Waals surface area contributed by atoms with Gasteiger partial charge in [0.2, 0.25) is 0 Å². The van der Waals surface area contributed by atoms with Gasteiger partial charge in [0, 0.05) is 36.4 Å². The smallest absolute Gasteiger partial charge is 0.130 e. The molecule has 1 aromatic heterocycles. The minimum absolute atomic E-state index is 0.182. The second kappa shape index (κ2) is 4.83. The topological polar surface area (TPSA) is 56.5 Å². The fraction of sp³-hybridized carbons (Fsp3) is 0.400. The molecule has 1 unspecified atom stereocenters. The van der Waals surface area contributed by atoms with Crippen molar-refractivity contribution in [3.63, 3.8) is 0 Å². The molecular weight excluding hydrogens is 256 g/mol. The Morgan fingerprint density at radius 2 is 2.20 bits per heavy atom. The molecule has 5 nitrogen and oxygen atoms in total. The number of hydrogen-bond acceptors (Lipinski definition) is 4. The number of benzene rings is 1. The zero-order valence-electron chi connectivity index (χ0n) is 11.8. The average Bonchev–Trinajstić information content (AvgIpc) is 2.78. The Bertz CT molecular complexity index is 636. The van der Waals surface area contributed by atoms with Gasteiger partial charge in [-0.1, -0.05) is 0 Å². The fourth-order valence-electron chi connectivity index (χ4n) is 2.57. The van der Waals surface area contributed by atoms with Gasteiger partial charge in [-0.05, 0) is 19.1 Å². The summed E-state index contributed by atoms with van der Waals surface area (Å²) in [7, 11) is 3.51. The summed E-state index contributed by atoms with van der Waals surface area (Å²) in [5.74, 6) is 1.40. The third kappa shape index (κ3) is 2.04. The van der Waals surface area contributed by atoms with Crippen LogP contribution in [0.3, 0.4) is 0 Å². The molecule has 0 radical (unpaired) electrons. The van der Waals surface area contributed by atoms with Crippen LogP contribution in [0.2, 0.25) is 0 Å². The van der Waals surface area contributed by atoms with Gasteiger partial charge in [-0.2, -0.15) is 5.10 Å². The zero-order chi connectivity index (χ0) is 14.3. The van der Waals surface area contributed by atoms with Gasteiger partial charge < -0.3 is 14.6 Å². The number of aliphatic hydroxyl groups is 1. The molecule has 0 saturated carbocycles. The number of ether oxygens (including phenoxy) is 2. The van der Waals surface area contributed by atoms with Crippen molar-refractivity contribution in [3.8, 4) is 11.5 Å². The van der Waals surface area contributed by atoms with Crippen LogP contribution in [-0.4, -0.2) is 22.0 Å². The molecule has 0 fully saturated rings. The highest BCUT2D eigenvalue weighted by atomic mass is 16.5. The van der Waals surface area contributed by atoms with E-state index in [2.05, 4.69) is 5.10 Å². The number of methoxy groups -OCH3 is 1. The summed E-state index contributed by atoms with van der Waals surface area (Å²) in [6.07, 6.45) is 1.62. The van der Waals surface area contributed by atoms with Crippen LogP contribution in [0.5, 0.6) is 11.5 Å². The first kappa shape index (κ1) is 13.0. The molecule has 20 heavy (non-hydrogen) atoms. The predicted octanol–water partition coefficient (Wildman–Crippen LogP) is 2.29. The number of nitrogens with zero attached hydrogens (tertiary/aromatic N) is 2. The van der Waals surface area contributed by atoms with E-state index in [1.165, 1.54) is 0 Å². The van der Waals surface area contributed by atoms with E-state index in [1.54, 1.807) is 13.3 Å². The van der Waals surface area contributed by atoms with Crippen LogP contribution in [0.25, 0.3) is 0 Å². The average molecular weight is 274 g/mol. The monoisotopic (exact) mass is 274 g/mol. The van der Waals surface area contributed by atoms with Crippen molar-refractivity contribution in [2.45, 2.75) is 25.6 Å². The van der Waals surface area contributed by atoms with Gasteiger partial charge in [-0.3, -0.25) is 4.68 Å². The van der Waals surface area contributed by atoms with Crippen LogP contribution in [-0.2, 0) is 7.05 Å². The number of aliphatic hydroxyl groups excluding tert-OH is 1. The van der Waals surface area contributed by atoms with E-state index in [9.17, 15) is 5.11 Å². The van der Waals surface area contributed by atoms with Crippen molar-refractivity contribution < 1.29 is 14.6 Å². The maximum Gasteiger partial charge on any atom is 0.130 e. The third-order valence-electron chi connectivity index (χ3n) is 3.91. The summed E-state index contributed by atoms with van der Waals surface area (Å²) in [5, 5.41) is 14.5. The first-order chi connectivity index (χ1) is 9.60. The lowest BCUT2D eigenvalue weighted by molar-refractivity contribution is 0.0651. The van der Waals surface area contributed by atoms with Crippen LogP contribution in [0.15, 0.2) is 24.4 Å². The Morgan fingerprint density at radius 1 is 1.40 bits per heavy atom. The fourth-order valence-corrected chi connectivity index (χ4v) is 2.57. The SMILES string of the molecule is COc1ccc2c(c1)OC(c1cnn(C)c1C)C[C@H]2O. The van der Waals surface area contributed by atoms with Crippen LogP contribution in [0.1, 0.15) is 35.4 Å². The highest BCUT2D eigenvalue weighted by Gasteiger charge is 2.30. The van der Waals surface area contributed by atoms with Gasteiger partial charge in [0.05, 0.1) is 19.4 Å². The summed E-state index contributed by atoms with van der Waals surface area (Å²) in [4.78, 5) is 0. The largest absolute Gasteiger partial charge is 0.497 e. The normalized spacial score (nSPS) is 21.2. The lowest BCUT2D eigenvalue weighted by Crippen LogP contribution is -2.19. The summed E-state index contributed by atoms with van der Waals surface area (Å²) < 4.78 is 13.0. The molecule has 1 aromatic carbocycles. The Labute approximate surface area is 117 Å². The van der Waals surface area contributed by atoms with E-state index in [4.69, 9.17) is 9.47 Å². The third-order valence-corrected chi connectivity index (χ3v) is 3.91. The molecule has 3 rings (SSSR count). The van der Waals surface area contributed by atoms with Crippen molar-refractivity contribution in [2.24, 2.45) is 7.05 Å². The second-order valence-corrected chi connectivity index (χ2v) is 5.07. The van der Waals surface area contributed by atoms with Gasteiger partial charge in [-0.25, -0.2) is 0 Å². The Kier molecular flexibility index (Phi) is 3.14. The number of aromatic nitrogens is 2. The Balaban J connectivity index is 1.97. The molecule has 106 valence electrons. The highest BCUT2D eigenvalue weighted by Crippen LogP contribution is 2.42. The number of aryl methyl sites for hydroxylation is 1. The van der Waals surface area contributed by atoms with Gasteiger partial charge in [0.25, 0.3) is 0 Å². The quantitative estimate of drug-likeness (QED) is 0.913. The summed E-state index contributed by atoms with van der Waals surface area (Å²) in [6.45, 7) is 2.00. The minimum Gasteiger partial charge on any atom is -0.497 e. The van der Waals surface area contributed by atoms with E-state index in [-0.39, 0.29) is 6.10 Å². The lowest BCUT2D eigenvalue weighted by Gasteiger charge is -2.29. The molecule has 1 aliphatic rings. The van der Waals surface area contributed by atoms with E-state index in [1.807, 2.05) is 36.9 Å². The summed E-state index contributed by atoms with van der Waals surface area (Å²) in [6, 6.07) is 5.50. The van der Waals surface area contributed by atoms with Crippen LogP contribution < -0.4 is 9.47 Å². The summed E-state index contributed by atoms with van der Waals surface area (Å²) >= 11 is 0. The molecule has 0 saturated heterocycles. The molecule has 1 aliphatic heterocycles. The van der Waals surface area contributed by atoms with E-state index in [0.29, 0.717) is 12.2 Å². The van der Waals surface area contributed by atoms with Crippen LogP contribution in [0.4, 0.5) is 0 Å². The first-order valence-electron chi connectivity index (χ1n) is 6.61. The molecule has 0 amide bonds. The van der Waals surface area contributed by atoms with E-state index in [0.717, 1.165) is 22.6 Å². The molecule has 1 N–H and O–H groups in total. The zero-order valence-corrected chi connectivity index (χ0v) is 11.8. The molecule has 5 heteroatoms. The van der Waals surface area contributed by atoms with Crippen molar-refractivity contribution in [1.29, 1.82) is 0 Å². The minimum atomic E-state index is -0.533. The van der Waals surface area contributed by atoms with Crippen molar-refractivity contribution in [2.75, 3.05) is 7.11 Å². The standard InChI is InChI=1S/C15H18N2O3/c1-9-12(8-16-17(9)2)15-7-13(18)11-5-4-10(19-3)6-14(11)20-15/h4-6,8,13,15,18H,7H2,1-3H3/t13-,15?/m1/s1. The first-order valence-corrected chi connectivity index (χ1v) is 6.61. The predicted molar refractivity (Wildman–Crippen MR) is 73.9 cm³/mol. The number of hydrogen-bond donors (Lipinski definition) is 1. The molecule has 0 bridgehead atoms. The molecule has 2 heterocycles. The maximum atomic E-state index is 10.3. The van der Waals surface area contributed by atoms with Gasteiger partial charge >= 0.3 is 0 Å². The van der Waals surface area contributed by atoms with Crippen LogP contribution in [0, 0.1) is 6.92 Å². The molecule has 2 atom stereocenters. The van der Waals surface area contributed by atoms with Crippen molar-refractivity contribution >= 4 is 0 Å². The number of fused-ring (bicyclic) bond motifs is 1. The van der Waals surface area contributed by atoms with Crippen molar-refractivity contribution in [1.82, 2.24) is 9.78 Å².